The van der Waals surface area contributed by atoms with Crippen LogP contribution in [0.25, 0.3) is 0 Å². The zero-order chi connectivity index (χ0) is 22.0. The molecule has 0 spiro atoms. The number of alkyl halides is 3. The van der Waals surface area contributed by atoms with Gasteiger partial charge in [0.05, 0.1) is 23.4 Å². The molecule has 158 valence electrons. The fourth-order valence-corrected chi connectivity index (χ4v) is 2.79. The topological polar surface area (TPSA) is 59.0 Å². The van der Waals surface area contributed by atoms with E-state index in [1.807, 2.05) is 0 Å². The zero-order valence-electron chi connectivity index (χ0n) is 16.2. The van der Waals surface area contributed by atoms with Crippen molar-refractivity contribution in [1.82, 2.24) is 0 Å². The molecule has 9 heteroatoms. The number of halogens is 4. The third kappa shape index (κ3) is 5.55. The normalized spacial score (nSPS) is 13.0. The molecule has 0 aromatic heterocycles. The summed E-state index contributed by atoms with van der Waals surface area (Å²) < 4.78 is 49.1. The molecular formula is C20H21ClF3NO4. The highest BCUT2D eigenvalue weighted by atomic mass is 35.5. The Labute approximate surface area is 171 Å². The second-order valence-electron chi connectivity index (χ2n) is 7.13. The molecule has 0 bridgehead atoms. The summed E-state index contributed by atoms with van der Waals surface area (Å²) >= 11 is 6.25. The number of ether oxygens (including phenoxy) is 2. The molecule has 0 heterocycles. The van der Waals surface area contributed by atoms with Gasteiger partial charge < -0.3 is 14.6 Å². The first-order valence-electron chi connectivity index (χ1n) is 8.55. The molecule has 0 aliphatic carbocycles. The molecule has 1 atom stereocenters. The third-order valence-electron chi connectivity index (χ3n) is 3.80. The summed E-state index contributed by atoms with van der Waals surface area (Å²) in [6.07, 6.45) is -7.13. The van der Waals surface area contributed by atoms with Crippen LogP contribution in [0.15, 0.2) is 42.5 Å². The van der Waals surface area contributed by atoms with E-state index in [4.69, 9.17) is 21.1 Å². The van der Waals surface area contributed by atoms with Gasteiger partial charge in [0.1, 0.15) is 11.4 Å². The van der Waals surface area contributed by atoms with Gasteiger partial charge in [-0.25, -0.2) is 9.69 Å². The maximum atomic E-state index is 12.9. The zero-order valence-corrected chi connectivity index (χ0v) is 17.0. The van der Waals surface area contributed by atoms with Gasteiger partial charge in [-0.05, 0) is 51.1 Å². The molecule has 5 nitrogen and oxygen atoms in total. The number of rotatable bonds is 4. The Morgan fingerprint density at radius 3 is 2.17 bits per heavy atom. The minimum atomic E-state index is -4.54. The van der Waals surface area contributed by atoms with Gasteiger partial charge in [-0.2, -0.15) is 13.2 Å². The molecule has 2 aromatic carbocycles. The van der Waals surface area contributed by atoms with Crippen LogP contribution in [-0.2, 0) is 10.9 Å². The van der Waals surface area contributed by atoms with Crippen molar-refractivity contribution in [2.24, 2.45) is 0 Å². The lowest BCUT2D eigenvalue weighted by atomic mass is 10.1. The van der Waals surface area contributed by atoms with Crippen LogP contribution in [-0.4, -0.2) is 23.9 Å². The average molecular weight is 432 g/mol. The maximum absolute atomic E-state index is 12.9. The van der Waals surface area contributed by atoms with Crippen LogP contribution in [0.3, 0.4) is 0 Å². The van der Waals surface area contributed by atoms with Gasteiger partial charge in [-0.1, -0.05) is 23.7 Å². The monoisotopic (exact) mass is 431 g/mol. The summed E-state index contributed by atoms with van der Waals surface area (Å²) in [5.41, 5.74) is -1.67. The van der Waals surface area contributed by atoms with Crippen LogP contribution in [0.1, 0.15) is 38.1 Å². The number of anilines is 1. The molecule has 0 aliphatic rings. The molecule has 0 aliphatic heterocycles. The first-order chi connectivity index (χ1) is 13.3. The lowest BCUT2D eigenvalue weighted by molar-refractivity contribution is -0.137. The van der Waals surface area contributed by atoms with E-state index in [1.165, 1.54) is 13.2 Å². The molecule has 0 fully saturated rings. The van der Waals surface area contributed by atoms with Crippen molar-refractivity contribution in [2.75, 3.05) is 12.0 Å². The smallest absolute Gasteiger partial charge is 0.417 e. The van der Waals surface area contributed by atoms with E-state index in [9.17, 15) is 23.1 Å². The van der Waals surface area contributed by atoms with Crippen LogP contribution in [0, 0.1) is 0 Å². The average Bonchev–Trinajstić information content (AvgIpc) is 2.60. The number of amides is 1. The van der Waals surface area contributed by atoms with Crippen LogP contribution in [0.4, 0.5) is 23.7 Å². The minimum Gasteiger partial charge on any atom is -0.495 e. The first kappa shape index (κ1) is 22.8. The van der Waals surface area contributed by atoms with Gasteiger partial charge in [-0.15, -0.1) is 0 Å². The summed E-state index contributed by atoms with van der Waals surface area (Å²) in [4.78, 5) is 13.6. The molecule has 2 aromatic rings. The number of hydrogen-bond acceptors (Lipinski definition) is 4. The quantitative estimate of drug-likeness (QED) is 0.621. The maximum Gasteiger partial charge on any atom is 0.417 e. The number of methoxy groups -OCH3 is 1. The summed E-state index contributed by atoms with van der Waals surface area (Å²) in [5, 5.41) is 11.0. The number of benzene rings is 2. The van der Waals surface area contributed by atoms with Crippen molar-refractivity contribution in [1.29, 1.82) is 0 Å². The number of aliphatic hydroxyl groups is 1. The van der Waals surface area contributed by atoms with Crippen molar-refractivity contribution in [3.63, 3.8) is 0 Å². The van der Waals surface area contributed by atoms with E-state index < -0.39 is 29.7 Å². The number of aliphatic hydroxyl groups excluding tert-OH is 1. The van der Waals surface area contributed by atoms with E-state index in [0.717, 1.165) is 29.2 Å². The lowest BCUT2D eigenvalue weighted by Crippen LogP contribution is -2.39. The fraction of sp³-hybridized carbons (Fsp3) is 0.350. The van der Waals surface area contributed by atoms with Crippen LogP contribution in [0.5, 0.6) is 5.75 Å². The molecule has 2 rings (SSSR count). The van der Waals surface area contributed by atoms with Gasteiger partial charge in [0, 0.05) is 5.56 Å². The second-order valence-corrected chi connectivity index (χ2v) is 7.51. The van der Waals surface area contributed by atoms with Crippen LogP contribution in [0.2, 0.25) is 5.02 Å². The number of nitrogens with zero attached hydrogens (tertiary/aromatic N) is 1. The van der Waals surface area contributed by atoms with Crippen molar-refractivity contribution < 1.29 is 32.5 Å². The predicted molar refractivity (Wildman–Crippen MR) is 103 cm³/mol. The summed E-state index contributed by atoms with van der Waals surface area (Å²) in [6.45, 7) is 4.88. The number of carbonyl (C=O) groups is 1. The van der Waals surface area contributed by atoms with Gasteiger partial charge in [0.15, 0.2) is 6.23 Å². The van der Waals surface area contributed by atoms with E-state index in [2.05, 4.69) is 0 Å². The molecule has 1 N–H and O–H groups in total. The highest BCUT2D eigenvalue weighted by Gasteiger charge is 2.33. The van der Waals surface area contributed by atoms with Crippen molar-refractivity contribution >= 4 is 23.4 Å². The summed E-state index contributed by atoms with van der Waals surface area (Å²) in [5.74, 6) is 0.264. The largest absolute Gasteiger partial charge is 0.495 e. The third-order valence-corrected chi connectivity index (χ3v) is 4.20. The Morgan fingerprint density at radius 1 is 1.10 bits per heavy atom. The Balaban J connectivity index is 2.52. The molecule has 0 saturated heterocycles. The lowest BCUT2D eigenvalue weighted by Gasteiger charge is -2.31. The fourth-order valence-electron chi connectivity index (χ4n) is 2.49. The molecule has 1 unspecified atom stereocenters. The van der Waals surface area contributed by atoms with Crippen molar-refractivity contribution in [2.45, 2.75) is 38.8 Å². The van der Waals surface area contributed by atoms with E-state index in [-0.39, 0.29) is 22.0 Å². The van der Waals surface area contributed by atoms with Gasteiger partial charge in [-0.3, -0.25) is 0 Å². The SMILES string of the molecule is COc1cccc(C(O)N(C(=O)OC(C)(C)C)c2ccc(C(F)(F)F)cc2)c1Cl. The van der Waals surface area contributed by atoms with Crippen molar-refractivity contribution in [3.05, 3.63) is 58.6 Å². The van der Waals surface area contributed by atoms with E-state index >= 15 is 0 Å². The minimum absolute atomic E-state index is 0.00126. The Hall–Kier alpha value is -2.45. The van der Waals surface area contributed by atoms with Gasteiger partial charge >= 0.3 is 12.3 Å². The van der Waals surface area contributed by atoms with Gasteiger partial charge in [0.2, 0.25) is 0 Å². The summed E-state index contributed by atoms with van der Waals surface area (Å²) in [7, 11) is 1.39. The Bertz CT molecular complexity index is 864. The number of carbonyl (C=O) groups excluding carboxylic acids is 1. The first-order valence-corrected chi connectivity index (χ1v) is 8.93. The molecule has 29 heavy (non-hydrogen) atoms. The Kier molecular flexibility index (Phi) is 6.70. The molecular weight excluding hydrogens is 411 g/mol. The van der Waals surface area contributed by atoms with Crippen LogP contribution >= 0.6 is 11.6 Å². The summed E-state index contributed by atoms with van der Waals surface area (Å²) in [6, 6.07) is 8.36. The van der Waals surface area contributed by atoms with E-state index in [1.54, 1.807) is 32.9 Å². The molecule has 0 radical (unpaired) electrons. The predicted octanol–water partition coefficient (Wildman–Crippen LogP) is 5.80. The van der Waals surface area contributed by atoms with Gasteiger partial charge in [0.25, 0.3) is 0 Å². The van der Waals surface area contributed by atoms with Crippen molar-refractivity contribution in [3.8, 4) is 5.75 Å². The molecule has 0 saturated carbocycles. The second kappa shape index (κ2) is 8.51. The van der Waals surface area contributed by atoms with E-state index in [0.29, 0.717) is 0 Å². The highest BCUT2D eigenvalue weighted by molar-refractivity contribution is 6.33. The van der Waals surface area contributed by atoms with Crippen LogP contribution < -0.4 is 9.64 Å². The molecule has 1 amide bonds. The number of hydrogen-bond donors (Lipinski definition) is 1. The highest BCUT2D eigenvalue weighted by Crippen LogP contribution is 2.37. The Morgan fingerprint density at radius 2 is 1.69 bits per heavy atom. The standard InChI is InChI=1S/C20H21ClF3NO4/c1-19(2,3)29-18(27)25(13-10-8-12(9-11-13)20(22,23)24)17(26)14-6-5-7-15(28-4)16(14)21/h5-11,17,26H,1-4H3.